The standard InChI is InChI=1S/C23H29N6O8PS/c1-12(13-7-5-4-6-8-13)36-20(31)14-10-39-38(33,28-14)35-9-15-17(30)23(2,32)21(37-15)29-11-25-16-18(29)26-22(24)27-19(16)34-3/h4-8,11-12,14-15,17,21,30,32H,9-10H2,1-3H3,(H,28,33)(H2,24,26,27)/t12-,14?,15-,17-,21-,23-,38-/m1/s1. The molecule has 1 aromatic carbocycles. The third-order valence-electron chi connectivity index (χ3n) is 6.59. The van der Waals surface area contributed by atoms with E-state index in [4.69, 9.17) is 24.5 Å². The number of hydrogen-bond acceptors (Lipinski definition) is 13. The van der Waals surface area contributed by atoms with Crippen LogP contribution < -0.4 is 15.6 Å². The Labute approximate surface area is 227 Å². The summed E-state index contributed by atoms with van der Waals surface area (Å²) in [5.41, 5.74) is 5.33. The lowest BCUT2D eigenvalue weighted by Crippen LogP contribution is -2.44. The Morgan fingerprint density at radius 1 is 1.38 bits per heavy atom. The summed E-state index contributed by atoms with van der Waals surface area (Å²) in [5.74, 6) is -0.310. The molecule has 5 N–H and O–H groups in total. The molecule has 7 atom stereocenters. The van der Waals surface area contributed by atoms with Crippen molar-refractivity contribution in [2.75, 3.05) is 25.2 Å². The Bertz CT molecular complexity index is 1410. The first-order valence-corrected chi connectivity index (χ1v) is 15.3. The summed E-state index contributed by atoms with van der Waals surface area (Å²) in [4.78, 5) is 25.0. The molecule has 0 radical (unpaired) electrons. The van der Waals surface area contributed by atoms with Gasteiger partial charge in [-0.2, -0.15) is 9.97 Å². The summed E-state index contributed by atoms with van der Waals surface area (Å²) >= 11 is 0.956. The van der Waals surface area contributed by atoms with Gasteiger partial charge in [0.15, 0.2) is 17.4 Å². The number of imidazole rings is 1. The molecule has 3 aromatic rings. The van der Waals surface area contributed by atoms with Crippen LogP contribution in [-0.2, 0) is 23.4 Å². The molecule has 0 amide bonds. The molecule has 5 rings (SSSR count). The van der Waals surface area contributed by atoms with E-state index in [1.165, 1.54) is 24.9 Å². The van der Waals surface area contributed by atoms with Crippen molar-refractivity contribution in [1.82, 2.24) is 24.6 Å². The Morgan fingerprint density at radius 3 is 2.85 bits per heavy atom. The molecular formula is C23H29N6O8PS. The van der Waals surface area contributed by atoms with Crippen molar-refractivity contribution in [2.45, 2.75) is 50.0 Å². The lowest BCUT2D eigenvalue weighted by atomic mass is 9.96. The first-order chi connectivity index (χ1) is 18.5. The second kappa shape index (κ2) is 10.7. The smallest absolute Gasteiger partial charge is 0.327 e. The number of anilines is 1. The van der Waals surface area contributed by atoms with Crippen LogP contribution in [0.3, 0.4) is 0 Å². The third kappa shape index (κ3) is 5.35. The number of aliphatic hydroxyl groups is 2. The molecule has 39 heavy (non-hydrogen) atoms. The van der Waals surface area contributed by atoms with Crippen molar-refractivity contribution in [3.63, 3.8) is 0 Å². The number of nitrogen functional groups attached to an aromatic ring is 1. The number of nitrogens with zero attached hydrogens (tertiary/aromatic N) is 4. The van der Waals surface area contributed by atoms with Gasteiger partial charge in [-0.1, -0.05) is 41.7 Å². The van der Waals surface area contributed by atoms with Gasteiger partial charge in [-0.15, -0.1) is 0 Å². The molecule has 2 aliphatic rings. The second-order valence-corrected chi connectivity index (χ2v) is 13.7. The SMILES string of the molecule is COc1nc(N)nc2c1ncn2[C@@H]1O[C@H](CO[P@]2(=O)NC(C(=O)O[C@H](C)c3ccccc3)CS2)[C@@H](O)[C@@]1(C)O. The number of nitrogens with two attached hydrogens (primary N) is 1. The van der Waals surface area contributed by atoms with Crippen molar-refractivity contribution >= 4 is 41.2 Å². The zero-order valence-corrected chi connectivity index (χ0v) is 23.0. The average molecular weight is 581 g/mol. The molecule has 16 heteroatoms. The average Bonchev–Trinajstić information content (AvgIpc) is 3.57. The van der Waals surface area contributed by atoms with E-state index in [0.29, 0.717) is 0 Å². The number of esters is 1. The number of ether oxygens (including phenoxy) is 3. The summed E-state index contributed by atoms with van der Waals surface area (Å²) < 4.78 is 37.0. The minimum atomic E-state index is -3.53. The molecule has 0 spiro atoms. The fourth-order valence-corrected chi connectivity index (χ4v) is 8.33. The van der Waals surface area contributed by atoms with Gasteiger partial charge in [0.2, 0.25) is 11.8 Å². The first-order valence-electron chi connectivity index (χ1n) is 12.0. The monoisotopic (exact) mass is 580 g/mol. The zero-order chi connectivity index (χ0) is 27.9. The molecule has 1 unspecified atom stereocenters. The topological polar surface area (TPSA) is 193 Å². The number of aromatic nitrogens is 4. The van der Waals surface area contributed by atoms with Crippen molar-refractivity contribution in [3.8, 4) is 5.88 Å². The van der Waals surface area contributed by atoms with E-state index in [0.717, 1.165) is 16.9 Å². The van der Waals surface area contributed by atoms with Crippen LogP contribution >= 0.6 is 18.1 Å². The van der Waals surface area contributed by atoms with E-state index in [-0.39, 0.29) is 35.4 Å². The molecule has 0 bridgehead atoms. The van der Waals surface area contributed by atoms with Gasteiger partial charge in [0.25, 0.3) is 0 Å². The third-order valence-corrected chi connectivity index (χ3v) is 10.6. The molecule has 2 aromatic heterocycles. The first kappa shape index (κ1) is 27.8. The van der Waals surface area contributed by atoms with E-state index >= 15 is 0 Å². The number of rotatable bonds is 8. The molecule has 0 aliphatic carbocycles. The summed E-state index contributed by atoms with van der Waals surface area (Å²) in [7, 11) is 1.41. The number of hydrogen-bond donors (Lipinski definition) is 4. The molecule has 0 saturated carbocycles. The Balaban J connectivity index is 1.23. The number of benzene rings is 1. The number of aliphatic hydroxyl groups excluding tert-OH is 1. The number of nitrogens with one attached hydrogen (secondary N) is 1. The van der Waals surface area contributed by atoms with Crippen molar-refractivity contribution in [3.05, 3.63) is 42.2 Å². The summed E-state index contributed by atoms with van der Waals surface area (Å²) in [6, 6.07) is 8.43. The van der Waals surface area contributed by atoms with Gasteiger partial charge in [-0.3, -0.25) is 13.9 Å². The van der Waals surface area contributed by atoms with Crippen LogP contribution in [-0.4, -0.2) is 79.0 Å². The van der Waals surface area contributed by atoms with E-state index in [9.17, 15) is 19.6 Å². The maximum atomic E-state index is 13.3. The molecular weight excluding hydrogens is 551 g/mol. The molecule has 2 fully saturated rings. The molecule has 2 aliphatic heterocycles. The predicted octanol–water partition coefficient (Wildman–Crippen LogP) is 1.56. The van der Waals surface area contributed by atoms with Crippen LogP contribution in [0.5, 0.6) is 5.88 Å². The maximum absolute atomic E-state index is 13.3. The van der Waals surface area contributed by atoms with E-state index in [2.05, 4.69) is 20.0 Å². The Hall–Kier alpha value is -2.78. The fraction of sp³-hybridized carbons (Fsp3) is 0.478. The number of carbonyl (C=O) groups excluding carboxylic acids is 1. The van der Waals surface area contributed by atoms with Crippen LogP contribution in [0.1, 0.15) is 31.7 Å². The highest BCUT2D eigenvalue weighted by Gasteiger charge is 2.54. The largest absolute Gasteiger partial charge is 0.479 e. The van der Waals surface area contributed by atoms with E-state index in [1.807, 2.05) is 30.3 Å². The van der Waals surface area contributed by atoms with Gasteiger partial charge < -0.3 is 34.7 Å². The Kier molecular flexibility index (Phi) is 7.59. The zero-order valence-electron chi connectivity index (χ0n) is 21.3. The normalized spacial score (nSPS) is 31.4. The van der Waals surface area contributed by atoms with Gasteiger partial charge in [-0.25, -0.2) is 10.1 Å². The lowest BCUT2D eigenvalue weighted by Gasteiger charge is -2.27. The summed E-state index contributed by atoms with van der Waals surface area (Å²) in [6.45, 7) is -0.719. The maximum Gasteiger partial charge on any atom is 0.327 e. The molecule has 210 valence electrons. The highest BCUT2D eigenvalue weighted by atomic mass is 32.7. The van der Waals surface area contributed by atoms with E-state index in [1.54, 1.807) is 6.92 Å². The van der Waals surface area contributed by atoms with Crippen LogP contribution in [0.25, 0.3) is 11.2 Å². The number of carbonyl (C=O) groups is 1. The quantitative estimate of drug-likeness (QED) is 0.221. The van der Waals surface area contributed by atoms with Crippen LogP contribution in [0.2, 0.25) is 0 Å². The van der Waals surface area contributed by atoms with Crippen LogP contribution in [0.4, 0.5) is 5.95 Å². The number of fused-ring (bicyclic) bond motifs is 1. The predicted molar refractivity (Wildman–Crippen MR) is 141 cm³/mol. The minimum absolute atomic E-state index is 0.0761. The van der Waals surface area contributed by atoms with Crippen LogP contribution in [0.15, 0.2) is 36.7 Å². The van der Waals surface area contributed by atoms with Gasteiger partial charge in [0.05, 0.1) is 20.0 Å². The highest BCUT2D eigenvalue weighted by Crippen LogP contribution is 2.61. The minimum Gasteiger partial charge on any atom is -0.479 e. The van der Waals surface area contributed by atoms with Gasteiger partial charge in [0.1, 0.15) is 30.0 Å². The molecule has 4 heterocycles. The van der Waals surface area contributed by atoms with Gasteiger partial charge in [-0.05, 0) is 19.4 Å². The van der Waals surface area contributed by atoms with Crippen molar-refractivity contribution in [1.29, 1.82) is 0 Å². The molecule has 14 nitrogen and oxygen atoms in total. The van der Waals surface area contributed by atoms with Crippen LogP contribution in [0, 0.1) is 0 Å². The number of methoxy groups -OCH3 is 1. The molecule has 2 saturated heterocycles. The van der Waals surface area contributed by atoms with Gasteiger partial charge >= 0.3 is 12.7 Å². The van der Waals surface area contributed by atoms with Crippen molar-refractivity contribution in [2.24, 2.45) is 0 Å². The second-order valence-electron chi connectivity index (χ2n) is 9.37. The lowest BCUT2D eigenvalue weighted by molar-refractivity contribution is -0.150. The Morgan fingerprint density at radius 2 is 2.13 bits per heavy atom. The highest BCUT2D eigenvalue weighted by molar-refractivity contribution is 8.56. The van der Waals surface area contributed by atoms with Crippen molar-refractivity contribution < 1.29 is 38.3 Å². The summed E-state index contributed by atoms with van der Waals surface area (Å²) in [5, 5.41) is 24.7. The fourth-order valence-electron chi connectivity index (χ4n) is 4.45. The summed E-state index contributed by atoms with van der Waals surface area (Å²) in [6.07, 6.45) is -2.75. The van der Waals surface area contributed by atoms with E-state index < -0.39 is 48.9 Å². The van der Waals surface area contributed by atoms with Gasteiger partial charge in [0, 0.05) is 5.75 Å².